The molecule has 0 fully saturated rings. The fourth-order valence-electron chi connectivity index (χ4n) is 1.33. The second kappa shape index (κ2) is 4.53. The molecule has 4 nitrogen and oxygen atoms in total. The maximum absolute atomic E-state index is 11.8. The van der Waals surface area contributed by atoms with Crippen molar-refractivity contribution in [3.05, 3.63) is 54.1 Å². The van der Waals surface area contributed by atoms with Crippen molar-refractivity contribution in [2.24, 2.45) is 0 Å². The molecule has 1 amide bonds. The molecule has 1 N–H and O–H groups in total. The van der Waals surface area contributed by atoms with Crippen molar-refractivity contribution in [3.63, 3.8) is 0 Å². The number of rotatable bonds is 2. The number of nitrogens with zero attached hydrogens (tertiary/aromatic N) is 2. The van der Waals surface area contributed by atoms with Gasteiger partial charge in [-0.3, -0.25) is 14.8 Å². The van der Waals surface area contributed by atoms with Crippen molar-refractivity contribution in [2.45, 2.75) is 6.92 Å². The predicted molar refractivity (Wildman–Crippen MR) is 61.2 cm³/mol. The highest BCUT2D eigenvalue weighted by Crippen LogP contribution is 2.07. The van der Waals surface area contributed by atoms with E-state index in [1.165, 1.54) is 0 Å². The quantitative estimate of drug-likeness (QED) is 0.830. The number of pyridine rings is 2. The molecule has 0 saturated heterocycles. The molecular weight excluding hydrogens is 202 g/mol. The summed E-state index contributed by atoms with van der Waals surface area (Å²) in [6, 6.07) is 6.98. The number of anilines is 1. The molecule has 0 atom stereocenters. The molecule has 4 heteroatoms. The number of hydrogen-bond acceptors (Lipinski definition) is 3. The number of hydrogen-bond donors (Lipinski definition) is 1. The van der Waals surface area contributed by atoms with Crippen LogP contribution in [0.2, 0.25) is 0 Å². The first-order valence-electron chi connectivity index (χ1n) is 4.90. The number of nitrogens with one attached hydrogen (secondary N) is 1. The van der Waals surface area contributed by atoms with Crippen molar-refractivity contribution in [3.8, 4) is 0 Å². The maximum Gasteiger partial charge on any atom is 0.255 e. The third kappa shape index (κ3) is 2.42. The molecule has 80 valence electrons. The maximum atomic E-state index is 11.8. The molecule has 0 radical (unpaired) electrons. The highest BCUT2D eigenvalue weighted by molar-refractivity contribution is 6.04. The molecule has 2 heterocycles. The van der Waals surface area contributed by atoms with E-state index in [-0.39, 0.29) is 5.91 Å². The van der Waals surface area contributed by atoms with E-state index in [1.54, 1.807) is 42.9 Å². The Hall–Kier alpha value is -2.23. The van der Waals surface area contributed by atoms with Gasteiger partial charge in [-0.2, -0.15) is 0 Å². The van der Waals surface area contributed by atoms with Gasteiger partial charge in [-0.25, -0.2) is 0 Å². The minimum Gasteiger partial charge on any atom is -0.321 e. The summed E-state index contributed by atoms with van der Waals surface area (Å²) in [5.41, 5.74) is 2.09. The largest absolute Gasteiger partial charge is 0.321 e. The second-order valence-electron chi connectivity index (χ2n) is 3.38. The molecule has 0 unspecified atom stereocenters. The van der Waals surface area contributed by atoms with Gasteiger partial charge in [0.25, 0.3) is 5.91 Å². The second-order valence-corrected chi connectivity index (χ2v) is 3.38. The van der Waals surface area contributed by atoms with Crippen LogP contribution in [0.15, 0.2) is 42.9 Å². The minimum atomic E-state index is -0.154. The van der Waals surface area contributed by atoms with Crippen LogP contribution in [0.5, 0.6) is 0 Å². The number of carbonyl (C=O) groups is 1. The zero-order valence-electron chi connectivity index (χ0n) is 8.84. The van der Waals surface area contributed by atoms with E-state index in [0.29, 0.717) is 11.3 Å². The van der Waals surface area contributed by atoms with Gasteiger partial charge < -0.3 is 5.32 Å². The van der Waals surface area contributed by atoms with Gasteiger partial charge in [-0.05, 0) is 31.2 Å². The first-order valence-corrected chi connectivity index (χ1v) is 4.90. The van der Waals surface area contributed by atoms with Gasteiger partial charge in [0.05, 0.1) is 11.9 Å². The van der Waals surface area contributed by atoms with Crippen molar-refractivity contribution in [1.82, 2.24) is 9.97 Å². The van der Waals surface area contributed by atoms with Crippen LogP contribution < -0.4 is 5.32 Å². The summed E-state index contributed by atoms with van der Waals surface area (Å²) >= 11 is 0. The Morgan fingerprint density at radius 2 is 2.19 bits per heavy atom. The van der Waals surface area contributed by atoms with Crippen LogP contribution in [-0.4, -0.2) is 15.9 Å². The van der Waals surface area contributed by atoms with Crippen molar-refractivity contribution in [1.29, 1.82) is 0 Å². The summed E-state index contributed by atoms with van der Waals surface area (Å²) in [4.78, 5) is 19.8. The monoisotopic (exact) mass is 213 g/mol. The molecule has 0 aliphatic carbocycles. The summed E-state index contributed by atoms with van der Waals surface area (Å²) < 4.78 is 0. The molecule has 16 heavy (non-hydrogen) atoms. The number of amides is 1. The first kappa shape index (κ1) is 10.3. The summed E-state index contributed by atoms with van der Waals surface area (Å²) in [7, 11) is 0. The zero-order valence-corrected chi connectivity index (χ0v) is 8.84. The van der Waals surface area contributed by atoms with Crippen molar-refractivity contribution < 1.29 is 4.79 Å². The van der Waals surface area contributed by atoms with Crippen LogP contribution in [0.1, 0.15) is 16.1 Å². The molecule has 0 spiro atoms. The van der Waals surface area contributed by atoms with E-state index in [4.69, 9.17) is 0 Å². The average molecular weight is 213 g/mol. The molecular formula is C12H11N3O. The molecule has 2 aromatic heterocycles. The molecule has 0 saturated carbocycles. The van der Waals surface area contributed by atoms with Gasteiger partial charge in [0, 0.05) is 23.7 Å². The number of aromatic nitrogens is 2. The van der Waals surface area contributed by atoms with Crippen molar-refractivity contribution in [2.75, 3.05) is 5.32 Å². The van der Waals surface area contributed by atoms with Crippen LogP contribution in [0.3, 0.4) is 0 Å². The van der Waals surface area contributed by atoms with Gasteiger partial charge >= 0.3 is 0 Å². The molecule has 0 bridgehead atoms. The number of carbonyl (C=O) groups excluding carboxylic acids is 1. The third-order valence-electron chi connectivity index (χ3n) is 2.08. The van der Waals surface area contributed by atoms with Gasteiger partial charge in [-0.1, -0.05) is 0 Å². The van der Waals surface area contributed by atoms with E-state index in [1.807, 2.05) is 6.92 Å². The van der Waals surface area contributed by atoms with Crippen LogP contribution in [-0.2, 0) is 0 Å². The van der Waals surface area contributed by atoms with Crippen LogP contribution >= 0.6 is 0 Å². The Morgan fingerprint density at radius 1 is 1.31 bits per heavy atom. The standard InChI is InChI=1S/C12H11N3O/c1-9-7-10(4-6-14-9)12(16)15-11-3-2-5-13-8-11/h2-8H,1H3,(H,15,16). The first-order chi connectivity index (χ1) is 7.75. The summed E-state index contributed by atoms with van der Waals surface area (Å²) in [6.45, 7) is 1.85. The predicted octanol–water partition coefficient (Wildman–Crippen LogP) is 2.04. The smallest absolute Gasteiger partial charge is 0.255 e. The fraction of sp³-hybridized carbons (Fsp3) is 0.0833. The zero-order chi connectivity index (χ0) is 11.4. The molecule has 0 aliphatic rings. The van der Waals surface area contributed by atoms with Gasteiger partial charge in [0.2, 0.25) is 0 Å². The van der Waals surface area contributed by atoms with Gasteiger partial charge in [0.15, 0.2) is 0 Å². The molecule has 0 aliphatic heterocycles. The summed E-state index contributed by atoms with van der Waals surface area (Å²) in [6.07, 6.45) is 4.88. The van der Waals surface area contributed by atoms with E-state index in [0.717, 1.165) is 5.69 Å². The molecule has 2 rings (SSSR count). The van der Waals surface area contributed by atoms with Crippen LogP contribution in [0.4, 0.5) is 5.69 Å². The lowest BCUT2D eigenvalue weighted by atomic mass is 10.2. The Kier molecular flexibility index (Phi) is 2.91. The van der Waals surface area contributed by atoms with E-state index >= 15 is 0 Å². The lowest BCUT2D eigenvalue weighted by molar-refractivity contribution is 0.102. The van der Waals surface area contributed by atoms with E-state index in [2.05, 4.69) is 15.3 Å². The summed E-state index contributed by atoms with van der Waals surface area (Å²) in [5, 5.41) is 2.76. The lowest BCUT2D eigenvalue weighted by Crippen LogP contribution is -2.12. The highest BCUT2D eigenvalue weighted by Gasteiger charge is 2.05. The normalized spacial score (nSPS) is 9.81. The van der Waals surface area contributed by atoms with Gasteiger partial charge in [0.1, 0.15) is 0 Å². The fourth-order valence-corrected chi connectivity index (χ4v) is 1.33. The van der Waals surface area contributed by atoms with Crippen LogP contribution in [0.25, 0.3) is 0 Å². The van der Waals surface area contributed by atoms with E-state index < -0.39 is 0 Å². The topological polar surface area (TPSA) is 54.9 Å². The SMILES string of the molecule is Cc1cc(C(=O)Nc2cccnc2)ccn1. The van der Waals surface area contributed by atoms with Crippen LogP contribution in [0, 0.1) is 6.92 Å². The molecule has 0 aromatic carbocycles. The summed E-state index contributed by atoms with van der Waals surface area (Å²) in [5.74, 6) is -0.154. The Morgan fingerprint density at radius 3 is 2.88 bits per heavy atom. The lowest BCUT2D eigenvalue weighted by Gasteiger charge is -2.04. The average Bonchev–Trinajstić information content (AvgIpc) is 2.30. The Labute approximate surface area is 93.4 Å². The van der Waals surface area contributed by atoms with Gasteiger partial charge in [-0.15, -0.1) is 0 Å². The van der Waals surface area contributed by atoms with Crippen molar-refractivity contribution >= 4 is 11.6 Å². The third-order valence-corrected chi connectivity index (χ3v) is 2.08. The molecule has 2 aromatic rings. The number of aryl methyl sites for hydroxylation is 1. The highest BCUT2D eigenvalue weighted by atomic mass is 16.1. The Balaban J connectivity index is 2.15. The van der Waals surface area contributed by atoms with E-state index in [9.17, 15) is 4.79 Å². The Bertz CT molecular complexity index is 497. The minimum absolute atomic E-state index is 0.154.